The van der Waals surface area contributed by atoms with Crippen LogP contribution in [-0.2, 0) is 0 Å². The highest BCUT2D eigenvalue weighted by Gasteiger charge is 2.15. The van der Waals surface area contributed by atoms with Gasteiger partial charge in [0.1, 0.15) is 0 Å². The molecule has 0 fully saturated rings. The van der Waals surface area contributed by atoms with Crippen molar-refractivity contribution in [3.8, 4) is 55.6 Å². The highest BCUT2D eigenvalue weighted by Crippen LogP contribution is 2.44. The molecule has 0 aliphatic rings. The first-order chi connectivity index (χ1) is 27.8. The number of nitrogens with zero attached hydrogens (tertiary/aromatic N) is 1. The molecule has 0 radical (unpaired) electrons. The molecule has 0 N–H and O–H groups in total. The third-order valence-corrected chi connectivity index (χ3v) is 12.0. The normalized spacial score (nSPS) is 11.2. The number of anilines is 3. The number of hydrogen-bond acceptors (Lipinski definition) is 2. The Hall–Kier alpha value is -7.00. The topological polar surface area (TPSA) is 3.24 Å². The molecule has 2 heteroatoms. The highest BCUT2D eigenvalue weighted by atomic mass is 32.1. The lowest BCUT2D eigenvalue weighted by molar-refractivity contribution is 1.28. The zero-order chi connectivity index (χ0) is 37.3. The maximum Gasteiger partial charge on any atom is 0.0462 e. The fourth-order valence-electron chi connectivity index (χ4n) is 7.87. The molecular weight excluding hydrogens is 695 g/mol. The lowest BCUT2D eigenvalue weighted by Crippen LogP contribution is -2.09. The SMILES string of the molecule is c1ccc(-c2ccc(N(c3ccccc3)c3ccc(-c4ccc(-c5cccc(-c6cccc7c6sc6c(-c8ccccc8)cccc67)c5)cc4)cc3)cc2)cc1. The van der Waals surface area contributed by atoms with Crippen molar-refractivity contribution in [1.82, 2.24) is 0 Å². The van der Waals surface area contributed by atoms with E-state index in [9.17, 15) is 0 Å². The van der Waals surface area contributed by atoms with Crippen LogP contribution in [0.3, 0.4) is 0 Å². The molecule has 0 atom stereocenters. The summed E-state index contributed by atoms with van der Waals surface area (Å²) in [5.41, 5.74) is 15.6. The van der Waals surface area contributed by atoms with E-state index in [1.165, 1.54) is 75.8 Å². The van der Waals surface area contributed by atoms with Gasteiger partial charge in [0.2, 0.25) is 0 Å². The molecule has 0 bridgehead atoms. The second-order valence-electron chi connectivity index (χ2n) is 14.1. The Kier molecular flexibility index (Phi) is 8.79. The van der Waals surface area contributed by atoms with E-state index in [0.717, 1.165) is 17.1 Å². The molecule has 0 unspecified atom stereocenters. The van der Waals surface area contributed by atoms with Crippen molar-refractivity contribution in [3.63, 3.8) is 0 Å². The van der Waals surface area contributed by atoms with Gasteiger partial charge in [0.15, 0.2) is 0 Å². The van der Waals surface area contributed by atoms with E-state index in [1.807, 2.05) is 11.3 Å². The molecule has 56 heavy (non-hydrogen) atoms. The van der Waals surface area contributed by atoms with Gasteiger partial charge in [-0.15, -0.1) is 11.3 Å². The summed E-state index contributed by atoms with van der Waals surface area (Å²) in [5.74, 6) is 0. The number of rotatable bonds is 8. The van der Waals surface area contributed by atoms with Crippen LogP contribution in [0.25, 0.3) is 75.8 Å². The first-order valence-electron chi connectivity index (χ1n) is 19.1. The van der Waals surface area contributed by atoms with Gasteiger partial charge in [-0.1, -0.05) is 182 Å². The predicted octanol–water partition coefficient (Wildman–Crippen LogP) is 15.9. The molecule has 0 amide bonds. The zero-order valence-electron chi connectivity index (χ0n) is 30.7. The number of hydrogen-bond donors (Lipinski definition) is 0. The first kappa shape index (κ1) is 33.6. The van der Waals surface area contributed by atoms with Crippen LogP contribution >= 0.6 is 11.3 Å². The Morgan fingerprint density at radius 3 is 1.14 bits per heavy atom. The summed E-state index contributed by atoms with van der Waals surface area (Å²) in [6, 6.07) is 81.0. The number of fused-ring (bicyclic) bond motifs is 3. The predicted molar refractivity (Wildman–Crippen MR) is 241 cm³/mol. The third-order valence-electron chi connectivity index (χ3n) is 10.7. The molecule has 1 heterocycles. The number of benzene rings is 9. The van der Waals surface area contributed by atoms with Crippen molar-refractivity contribution in [2.24, 2.45) is 0 Å². The van der Waals surface area contributed by atoms with Gasteiger partial charge in [-0.05, 0) is 98.1 Å². The summed E-state index contributed by atoms with van der Waals surface area (Å²) in [6.45, 7) is 0. The molecule has 1 aromatic heterocycles. The Bertz CT molecular complexity index is 2910. The Morgan fingerprint density at radius 1 is 0.250 bits per heavy atom. The molecule has 10 rings (SSSR count). The van der Waals surface area contributed by atoms with Crippen LogP contribution in [0.4, 0.5) is 17.1 Å². The van der Waals surface area contributed by atoms with Gasteiger partial charge in [-0.3, -0.25) is 0 Å². The minimum atomic E-state index is 1.12. The van der Waals surface area contributed by atoms with Crippen LogP contribution in [-0.4, -0.2) is 0 Å². The number of thiophene rings is 1. The van der Waals surface area contributed by atoms with Crippen molar-refractivity contribution in [1.29, 1.82) is 0 Å². The molecule has 1 nitrogen and oxygen atoms in total. The van der Waals surface area contributed by atoms with Crippen molar-refractivity contribution in [2.75, 3.05) is 4.90 Å². The minimum absolute atomic E-state index is 1.12. The molecule has 10 aromatic rings. The van der Waals surface area contributed by atoms with Crippen LogP contribution < -0.4 is 4.90 Å². The average Bonchev–Trinajstić information content (AvgIpc) is 3.67. The molecule has 0 aliphatic carbocycles. The van der Waals surface area contributed by atoms with Crippen LogP contribution in [0.5, 0.6) is 0 Å². The van der Waals surface area contributed by atoms with Gasteiger partial charge in [-0.25, -0.2) is 0 Å². The maximum atomic E-state index is 2.34. The summed E-state index contributed by atoms with van der Waals surface area (Å²) in [5, 5.41) is 2.63. The Balaban J connectivity index is 0.931. The fourth-order valence-corrected chi connectivity index (χ4v) is 9.25. The van der Waals surface area contributed by atoms with Crippen molar-refractivity contribution < 1.29 is 0 Å². The van der Waals surface area contributed by atoms with Gasteiger partial charge < -0.3 is 4.90 Å². The van der Waals surface area contributed by atoms with E-state index in [0.29, 0.717) is 0 Å². The van der Waals surface area contributed by atoms with E-state index >= 15 is 0 Å². The van der Waals surface area contributed by atoms with Crippen LogP contribution in [0.2, 0.25) is 0 Å². The highest BCUT2D eigenvalue weighted by molar-refractivity contribution is 7.26. The van der Waals surface area contributed by atoms with Gasteiger partial charge in [0.05, 0.1) is 0 Å². The standard InChI is InChI=1S/C54H37NS/c1-4-13-38(14-5-1)40-29-33-47(34-30-40)55(46-19-8-3-9-20-46)48-35-31-41(32-36-48)39-25-27-42(28-26-39)44-17-10-18-45(37-44)50-22-12-24-52-51-23-11-21-49(53(51)56-54(50)52)43-15-6-2-7-16-43/h1-37H. The molecule has 0 saturated carbocycles. The number of para-hydroxylation sites is 1. The molecule has 9 aromatic carbocycles. The summed E-state index contributed by atoms with van der Waals surface area (Å²) in [4.78, 5) is 2.32. The van der Waals surface area contributed by atoms with E-state index in [2.05, 4.69) is 229 Å². The van der Waals surface area contributed by atoms with Crippen molar-refractivity contribution in [2.45, 2.75) is 0 Å². The van der Waals surface area contributed by atoms with Crippen molar-refractivity contribution in [3.05, 3.63) is 224 Å². The van der Waals surface area contributed by atoms with E-state index in [1.54, 1.807) is 0 Å². The van der Waals surface area contributed by atoms with E-state index in [4.69, 9.17) is 0 Å². The largest absolute Gasteiger partial charge is 0.311 e. The Morgan fingerprint density at radius 2 is 0.607 bits per heavy atom. The van der Waals surface area contributed by atoms with Crippen LogP contribution in [0.15, 0.2) is 224 Å². The Labute approximate surface area is 332 Å². The van der Waals surface area contributed by atoms with Crippen LogP contribution in [0, 0.1) is 0 Å². The summed E-state index contributed by atoms with van der Waals surface area (Å²) in [6.07, 6.45) is 0. The molecule has 0 saturated heterocycles. The summed E-state index contributed by atoms with van der Waals surface area (Å²) < 4.78 is 2.67. The zero-order valence-corrected chi connectivity index (χ0v) is 31.5. The third kappa shape index (κ3) is 6.36. The van der Waals surface area contributed by atoms with Gasteiger partial charge >= 0.3 is 0 Å². The lowest BCUT2D eigenvalue weighted by Gasteiger charge is -2.26. The summed E-state index contributed by atoms with van der Waals surface area (Å²) >= 11 is 1.90. The van der Waals surface area contributed by atoms with Gasteiger partial charge in [0.25, 0.3) is 0 Å². The molecular formula is C54H37NS. The monoisotopic (exact) mass is 731 g/mol. The second kappa shape index (κ2) is 14.7. The van der Waals surface area contributed by atoms with E-state index < -0.39 is 0 Å². The average molecular weight is 732 g/mol. The lowest BCUT2D eigenvalue weighted by atomic mass is 9.96. The second-order valence-corrected chi connectivity index (χ2v) is 15.1. The quantitative estimate of drug-likeness (QED) is 0.150. The molecule has 0 aliphatic heterocycles. The first-order valence-corrected chi connectivity index (χ1v) is 19.9. The molecule has 264 valence electrons. The van der Waals surface area contributed by atoms with Crippen LogP contribution in [0.1, 0.15) is 0 Å². The van der Waals surface area contributed by atoms with Gasteiger partial charge in [0, 0.05) is 37.2 Å². The molecule has 0 spiro atoms. The van der Waals surface area contributed by atoms with E-state index in [-0.39, 0.29) is 0 Å². The maximum absolute atomic E-state index is 2.34. The minimum Gasteiger partial charge on any atom is -0.311 e. The van der Waals surface area contributed by atoms with Crippen molar-refractivity contribution >= 4 is 48.6 Å². The smallest absolute Gasteiger partial charge is 0.0462 e. The van der Waals surface area contributed by atoms with Gasteiger partial charge in [-0.2, -0.15) is 0 Å². The summed E-state index contributed by atoms with van der Waals surface area (Å²) in [7, 11) is 0. The fraction of sp³-hybridized carbons (Fsp3) is 0.